The van der Waals surface area contributed by atoms with Crippen LogP contribution in [0.1, 0.15) is 10.5 Å². The summed E-state index contributed by atoms with van der Waals surface area (Å²) in [6, 6.07) is 9.25. The molecule has 0 saturated carbocycles. The summed E-state index contributed by atoms with van der Waals surface area (Å²) in [6.45, 7) is 0. The van der Waals surface area contributed by atoms with Gasteiger partial charge in [0.25, 0.3) is 0 Å². The first-order chi connectivity index (χ1) is 10.1. The average Bonchev–Trinajstić information content (AvgIpc) is 3.06. The lowest BCUT2D eigenvalue weighted by Gasteiger charge is -1.98. The van der Waals surface area contributed by atoms with Crippen LogP contribution in [-0.2, 0) is 7.05 Å². The van der Waals surface area contributed by atoms with Crippen LogP contribution in [0.5, 0.6) is 5.75 Å². The molecule has 2 aromatic heterocycles. The number of hydrogen-bond donors (Lipinski definition) is 1. The maximum absolute atomic E-state index is 12.1. The minimum Gasteiger partial charge on any atom is -0.504 e. The van der Waals surface area contributed by atoms with Crippen molar-refractivity contribution in [3.63, 3.8) is 0 Å². The molecule has 0 fully saturated rings. The van der Waals surface area contributed by atoms with Gasteiger partial charge in [-0.2, -0.15) is 10.1 Å². The molecule has 0 saturated heterocycles. The molecule has 1 amide bonds. The Morgan fingerprint density at radius 3 is 2.76 bits per heavy atom. The van der Waals surface area contributed by atoms with E-state index in [1.54, 1.807) is 17.8 Å². The summed E-state index contributed by atoms with van der Waals surface area (Å²) in [5.74, 6) is -0.757. The summed E-state index contributed by atoms with van der Waals surface area (Å²) in [6.07, 6.45) is 3.20. The Morgan fingerprint density at radius 2 is 2.10 bits per heavy atom. The second-order valence-corrected chi connectivity index (χ2v) is 5.23. The van der Waals surface area contributed by atoms with E-state index in [-0.39, 0.29) is 11.4 Å². The number of carbonyl (C=O) groups is 1. The minimum absolute atomic E-state index is 0.0627. The molecular formula is C14H12N4O2S. The number of para-hydroxylation sites is 1. The predicted molar refractivity (Wildman–Crippen MR) is 78.4 cm³/mol. The van der Waals surface area contributed by atoms with E-state index in [0.717, 1.165) is 5.69 Å². The number of nitrogens with zero attached hydrogens (tertiary/aromatic N) is 4. The molecule has 0 radical (unpaired) electrons. The number of hydrogen-bond acceptors (Lipinski definition) is 4. The molecule has 2 heterocycles. The van der Waals surface area contributed by atoms with E-state index in [1.165, 1.54) is 22.2 Å². The van der Waals surface area contributed by atoms with Crippen LogP contribution in [0, 0.1) is 0 Å². The third-order valence-electron chi connectivity index (χ3n) is 2.88. The zero-order chi connectivity index (χ0) is 14.8. The Hall–Kier alpha value is -2.67. The van der Waals surface area contributed by atoms with Crippen LogP contribution in [0.15, 0.2) is 53.1 Å². The second-order valence-electron chi connectivity index (χ2n) is 4.36. The lowest BCUT2D eigenvalue weighted by molar-refractivity contribution is 0.0990. The Balaban J connectivity index is 1.99. The van der Waals surface area contributed by atoms with Gasteiger partial charge in [0.05, 0.1) is 11.9 Å². The number of aromatic nitrogens is 3. The Bertz CT molecular complexity index is 845. The first-order valence-corrected chi connectivity index (χ1v) is 7.06. The number of aromatic hydroxyl groups is 1. The number of rotatable bonds is 2. The Kier molecular flexibility index (Phi) is 3.41. The lowest BCUT2D eigenvalue weighted by Crippen LogP contribution is -2.13. The maximum atomic E-state index is 12.1. The van der Waals surface area contributed by atoms with Crippen LogP contribution in [0.4, 0.5) is 0 Å². The lowest BCUT2D eigenvalue weighted by atomic mass is 10.3. The average molecular weight is 300 g/mol. The molecule has 0 atom stereocenters. The summed E-state index contributed by atoms with van der Waals surface area (Å²) in [5.41, 5.74) is 0.695. The summed E-state index contributed by atoms with van der Waals surface area (Å²) < 4.78 is 3.18. The van der Waals surface area contributed by atoms with Crippen LogP contribution in [0.3, 0.4) is 0 Å². The van der Waals surface area contributed by atoms with Gasteiger partial charge in [-0.25, -0.2) is 4.68 Å². The first kappa shape index (κ1) is 13.3. The number of amides is 1. The van der Waals surface area contributed by atoms with Crippen molar-refractivity contribution in [2.75, 3.05) is 0 Å². The first-order valence-electron chi connectivity index (χ1n) is 6.18. The fourth-order valence-corrected chi connectivity index (χ4v) is 2.53. The van der Waals surface area contributed by atoms with Crippen molar-refractivity contribution >= 4 is 17.2 Å². The highest BCUT2D eigenvalue weighted by atomic mass is 32.1. The predicted octanol–water partition coefficient (Wildman–Crippen LogP) is 1.72. The minimum atomic E-state index is -0.569. The van der Waals surface area contributed by atoms with Gasteiger partial charge >= 0.3 is 5.91 Å². The van der Waals surface area contributed by atoms with E-state index < -0.39 is 5.91 Å². The summed E-state index contributed by atoms with van der Waals surface area (Å²) >= 11 is 1.34. The summed E-state index contributed by atoms with van der Waals surface area (Å²) in [7, 11) is 1.80. The van der Waals surface area contributed by atoms with E-state index in [9.17, 15) is 9.90 Å². The van der Waals surface area contributed by atoms with Crippen molar-refractivity contribution < 1.29 is 9.90 Å². The molecule has 6 nitrogen and oxygen atoms in total. The van der Waals surface area contributed by atoms with Crippen molar-refractivity contribution in [1.29, 1.82) is 0 Å². The van der Waals surface area contributed by atoms with Gasteiger partial charge in [0.1, 0.15) is 0 Å². The van der Waals surface area contributed by atoms with E-state index in [4.69, 9.17) is 0 Å². The molecule has 0 aliphatic rings. The molecular weight excluding hydrogens is 288 g/mol. The zero-order valence-corrected chi connectivity index (χ0v) is 12.0. The fourth-order valence-electron chi connectivity index (χ4n) is 1.80. The van der Waals surface area contributed by atoms with E-state index >= 15 is 0 Å². The third kappa shape index (κ3) is 2.63. The SMILES string of the molecule is Cn1ccsc1=NC(=O)c1nn(-c2ccccc2)cc1O. The molecule has 0 unspecified atom stereocenters. The third-order valence-corrected chi connectivity index (χ3v) is 3.72. The Morgan fingerprint density at radius 1 is 1.33 bits per heavy atom. The van der Waals surface area contributed by atoms with Crippen molar-refractivity contribution in [1.82, 2.24) is 14.3 Å². The highest BCUT2D eigenvalue weighted by Crippen LogP contribution is 2.18. The smallest absolute Gasteiger partial charge is 0.304 e. The van der Waals surface area contributed by atoms with Gasteiger partial charge in [-0.3, -0.25) is 4.79 Å². The van der Waals surface area contributed by atoms with Crippen molar-refractivity contribution in [3.8, 4) is 11.4 Å². The quantitative estimate of drug-likeness (QED) is 0.783. The standard InChI is InChI=1S/C14H12N4O2S/c1-17-7-8-21-14(17)15-13(20)12-11(19)9-18(16-12)10-5-3-2-4-6-10/h2-9,19H,1H3. The topological polar surface area (TPSA) is 72.4 Å². The highest BCUT2D eigenvalue weighted by Gasteiger charge is 2.16. The number of thiazole rings is 1. The van der Waals surface area contributed by atoms with Gasteiger partial charge in [0, 0.05) is 18.6 Å². The molecule has 7 heteroatoms. The van der Waals surface area contributed by atoms with Gasteiger partial charge in [0.15, 0.2) is 16.2 Å². The van der Waals surface area contributed by atoms with Crippen LogP contribution in [0.2, 0.25) is 0 Å². The van der Waals surface area contributed by atoms with Gasteiger partial charge in [-0.15, -0.1) is 11.3 Å². The van der Waals surface area contributed by atoms with Gasteiger partial charge in [-0.05, 0) is 12.1 Å². The second kappa shape index (κ2) is 5.37. The zero-order valence-electron chi connectivity index (χ0n) is 11.2. The molecule has 1 aromatic carbocycles. The van der Waals surface area contributed by atoms with Crippen molar-refractivity contribution in [3.05, 3.63) is 58.6 Å². The normalized spacial score (nSPS) is 11.8. The molecule has 21 heavy (non-hydrogen) atoms. The van der Waals surface area contributed by atoms with Crippen LogP contribution in [-0.4, -0.2) is 25.4 Å². The van der Waals surface area contributed by atoms with Crippen molar-refractivity contribution in [2.24, 2.45) is 12.0 Å². The van der Waals surface area contributed by atoms with E-state index in [0.29, 0.717) is 4.80 Å². The molecule has 3 aromatic rings. The van der Waals surface area contributed by atoms with E-state index in [2.05, 4.69) is 10.1 Å². The largest absolute Gasteiger partial charge is 0.504 e. The number of carbonyl (C=O) groups excluding carboxylic acids is 1. The molecule has 1 N–H and O–H groups in total. The summed E-state index contributed by atoms with van der Waals surface area (Å²) in [5, 5.41) is 15.8. The van der Waals surface area contributed by atoms with Crippen LogP contribution < -0.4 is 4.80 Å². The molecule has 0 aliphatic heterocycles. The number of benzene rings is 1. The van der Waals surface area contributed by atoms with Crippen molar-refractivity contribution in [2.45, 2.75) is 0 Å². The maximum Gasteiger partial charge on any atom is 0.304 e. The van der Waals surface area contributed by atoms with E-state index in [1.807, 2.05) is 35.7 Å². The van der Waals surface area contributed by atoms with Gasteiger partial charge in [-0.1, -0.05) is 18.2 Å². The van der Waals surface area contributed by atoms with Gasteiger partial charge in [0.2, 0.25) is 0 Å². The summed E-state index contributed by atoms with van der Waals surface area (Å²) in [4.78, 5) is 16.6. The van der Waals surface area contributed by atoms with Crippen LogP contribution >= 0.6 is 11.3 Å². The Labute approximate surface area is 124 Å². The fraction of sp³-hybridized carbons (Fsp3) is 0.0714. The molecule has 0 aliphatic carbocycles. The highest BCUT2D eigenvalue weighted by molar-refractivity contribution is 7.07. The van der Waals surface area contributed by atoms with Crippen LogP contribution in [0.25, 0.3) is 5.69 Å². The number of aryl methyl sites for hydroxylation is 1. The van der Waals surface area contributed by atoms with Gasteiger partial charge < -0.3 is 9.67 Å². The molecule has 0 bridgehead atoms. The molecule has 0 spiro atoms. The monoisotopic (exact) mass is 300 g/mol. The molecule has 3 rings (SSSR count). The molecule has 106 valence electrons.